The van der Waals surface area contributed by atoms with E-state index in [1.54, 1.807) is 12.1 Å². The molecule has 6 heteroatoms. The highest BCUT2D eigenvalue weighted by Crippen LogP contribution is 2.28. The SMILES string of the molecule is CC(C)N(CCC#N)c1ccc([N+](=O)[O-])cc1CBr. The molecule has 0 aliphatic rings. The average Bonchev–Trinajstić information content (AvgIpc) is 2.38. The number of nitro groups is 1. The number of hydrogen-bond donors (Lipinski definition) is 0. The summed E-state index contributed by atoms with van der Waals surface area (Å²) in [5.74, 6) is 0. The van der Waals surface area contributed by atoms with Crippen molar-refractivity contribution in [3.63, 3.8) is 0 Å². The molecular formula is C13H16BrN3O2. The number of nitriles is 1. The van der Waals surface area contributed by atoms with Crippen LogP contribution in [0.15, 0.2) is 18.2 Å². The summed E-state index contributed by atoms with van der Waals surface area (Å²) in [4.78, 5) is 12.5. The molecule has 0 heterocycles. The average molecular weight is 326 g/mol. The number of halogens is 1. The van der Waals surface area contributed by atoms with E-state index in [1.807, 2.05) is 13.8 Å². The summed E-state index contributed by atoms with van der Waals surface area (Å²) in [7, 11) is 0. The molecule has 0 amide bonds. The number of hydrogen-bond acceptors (Lipinski definition) is 4. The maximum absolute atomic E-state index is 10.8. The van der Waals surface area contributed by atoms with E-state index >= 15 is 0 Å². The zero-order valence-electron chi connectivity index (χ0n) is 11.0. The van der Waals surface area contributed by atoms with Gasteiger partial charge in [0.25, 0.3) is 5.69 Å². The first-order valence-corrected chi connectivity index (χ1v) is 7.10. The van der Waals surface area contributed by atoms with Gasteiger partial charge in [-0.2, -0.15) is 5.26 Å². The Morgan fingerprint density at radius 1 is 1.53 bits per heavy atom. The molecule has 0 bridgehead atoms. The van der Waals surface area contributed by atoms with E-state index in [-0.39, 0.29) is 11.7 Å². The van der Waals surface area contributed by atoms with Crippen LogP contribution in [0.1, 0.15) is 25.8 Å². The second-order valence-corrected chi connectivity index (χ2v) is 4.96. The maximum atomic E-state index is 10.8. The molecule has 0 saturated carbocycles. The minimum Gasteiger partial charge on any atom is -0.368 e. The lowest BCUT2D eigenvalue weighted by Crippen LogP contribution is -2.32. The van der Waals surface area contributed by atoms with Gasteiger partial charge in [0.05, 0.1) is 17.4 Å². The highest BCUT2D eigenvalue weighted by molar-refractivity contribution is 9.08. The molecule has 19 heavy (non-hydrogen) atoms. The van der Waals surface area contributed by atoms with Crippen LogP contribution >= 0.6 is 15.9 Å². The number of anilines is 1. The van der Waals surface area contributed by atoms with Crippen molar-refractivity contribution in [2.24, 2.45) is 0 Å². The highest BCUT2D eigenvalue weighted by Gasteiger charge is 2.17. The van der Waals surface area contributed by atoms with E-state index in [1.165, 1.54) is 6.07 Å². The molecule has 0 aliphatic carbocycles. The summed E-state index contributed by atoms with van der Waals surface area (Å²) in [5, 5.41) is 20.0. The molecule has 0 aliphatic heterocycles. The van der Waals surface area contributed by atoms with Crippen molar-refractivity contribution in [3.05, 3.63) is 33.9 Å². The van der Waals surface area contributed by atoms with Crippen molar-refractivity contribution in [2.45, 2.75) is 31.6 Å². The summed E-state index contributed by atoms with van der Waals surface area (Å²) >= 11 is 3.36. The lowest BCUT2D eigenvalue weighted by atomic mass is 10.1. The Morgan fingerprint density at radius 2 is 2.21 bits per heavy atom. The monoisotopic (exact) mass is 325 g/mol. The third-order valence-electron chi connectivity index (χ3n) is 2.82. The molecule has 0 unspecified atom stereocenters. The number of non-ortho nitro benzene ring substituents is 1. The second-order valence-electron chi connectivity index (χ2n) is 4.40. The summed E-state index contributed by atoms with van der Waals surface area (Å²) in [6.07, 6.45) is 0.427. The van der Waals surface area contributed by atoms with Crippen molar-refractivity contribution in [2.75, 3.05) is 11.4 Å². The van der Waals surface area contributed by atoms with Crippen LogP contribution in [0.3, 0.4) is 0 Å². The van der Waals surface area contributed by atoms with Gasteiger partial charge in [0.15, 0.2) is 0 Å². The predicted molar refractivity (Wildman–Crippen MR) is 78.4 cm³/mol. The molecule has 0 atom stereocenters. The fraction of sp³-hybridized carbons (Fsp3) is 0.462. The first kappa shape index (κ1) is 15.4. The molecule has 1 aromatic rings. The van der Waals surface area contributed by atoms with Crippen LogP contribution in [0.25, 0.3) is 0 Å². The first-order valence-electron chi connectivity index (χ1n) is 5.98. The Bertz CT molecular complexity index is 497. The highest BCUT2D eigenvalue weighted by atomic mass is 79.9. The molecule has 5 nitrogen and oxygen atoms in total. The third-order valence-corrected chi connectivity index (χ3v) is 3.42. The van der Waals surface area contributed by atoms with Crippen LogP contribution in [0.5, 0.6) is 0 Å². The van der Waals surface area contributed by atoms with Crippen molar-refractivity contribution in [1.82, 2.24) is 0 Å². The normalized spacial score (nSPS) is 10.3. The van der Waals surface area contributed by atoms with E-state index < -0.39 is 4.92 Å². The van der Waals surface area contributed by atoms with Crippen molar-refractivity contribution < 1.29 is 4.92 Å². The standard InChI is InChI=1S/C13H16BrN3O2/c1-10(2)16(7-3-6-15)13-5-4-12(17(18)19)8-11(13)9-14/h4-5,8,10H,3,7,9H2,1-2H3. The summed E-state index contributed by atoms with van der Waals surface area (Å²) in [6.45, 7) is 4.69. The predicted octanol–water partition coefficient (Wildman–Crippen LogP) is 3.62. The van der Waals surface area contributed by atoms with Gasteiger partial charge in [-0.1, -0.05) is 15.9 Å². The molecule has 102 valence electrons. The number of rotatable bonds is 6. The minimum atomic E-state index is -0.398. The van der Waals surface area contributed by atoms with Gasteiger partial charge in [0.1, 0.15) is 0 Å². The van der Waals surface area contributed by atoms with E-state index in [0.29, 0.717) is 18.3 Å². The van der Waals surface area contributed by atoms with Crippen LogP contribution in [-0.4, -0.2) is 17.5 Å². The number of nitrogens with zero attached hydrogens (tertiary/aromatic N) is 3. The quantitative estimate of drug-likeness (QED) is 0.455. The molecule has 0 aromatic heterocycles. The van der Waals surface area contributed by atoms with E-state index in [4.69, 9.17) is 5.26 Å². The Kier molecular flexibility index (Phi) is 5.77. The second kappa shape index (κ2) is 7.10. The Balaban J connectivity index is 3.15. The van der Waals surface area contributed by atoms with Crippen LogP contribution < -0.4 is 4.90 Å². The third kappa shape index (κ3) is 3.93. The van der Waals surface area contributed by atoms with Gasteiger partial charge in [-0.25, -0.2) is 0 Å². The van der Waals surface area contributed by atoms with E-state index in [9.17, 15) is 10.1 Å². The fourth-order valence-electron chi connectivity index (χ4n) is 1.90. The summed E-state index contributed by atoms with van der Waals surface area (Å²) in [6, 6.07) is 7.19. The van der Waals surface area contributed by atoms with Gasteiger partial charge in [0, 0.05) is 35.7 Å². The van der Waals surface area contributed by atoms with Crippen molar-refractivity contribution >= 4 is 27.3 Å². The lowest BCUT2D eigenvalue weighted by molar-refractivity contribution is -0.384. The minimum absolute atomic E-state index is 0.0854. The maximum Gasteiger partial charge on any atom is 0.269 e. The van der Waals surface area contributed by atoms with Gasteiger partial charge < -0.3 is 4.90 Å². The molecule has 0 spiro atoms. The molecule has 0 saturated heterocycles. The van der Waals surface area contributed by atoms with Crippen LogP contribution in [0, 0.1) is 21.4 Å². The van der Waals surface area contributed by atoms with Crippen molar-refractivity contribution in [1.29, 1.82) is 5.26 Å². The molecule has 1 rings (SSSR count). The van der Waals surface area contributed by atoms with Gasteiger partial charge in [-0.15, -0.1) is 0 Å². The Morgan fingerprint density at radius 3 is 2.68 bits per heavy atom. The molecule has 0 radical (unpaired) electrons. The van der Waals surface area contributed by atoms with Gasteiger partial charge in [-0.05, 0) is 25.5 Å². The number of alkyl halides is 1. The van der Waals surface area contributed by atoms with Gasteiger partial charge in [-0.3, -0.25) is 10.1 Å². The van der Waals surface area contributed by atoms with E-state index in [2.05, 4.69) is 26.9 Å². The van der Waals surface area contributed by atoms with Crippen LogP contribution in [0.2, 0.25) is 0 Å². The molecule has 0 N–H and O–H groups in total. The molecule has 1 aromatic carbocycles. The van der Waals surface area contributed by atoms with Gasteiger partial charge in [0.2, 0.25) is 0 Å². The first-order chi connectivity index (χ1) is 9.01. The lowest BCUT2D eigenvalue weighted by Gasteiger charge is -2.29. The largest absolute Gasteiger partial charge is 0.368 e. The topological polar surface area (TPSA) is 70.2 Å². The van der Waals surface area contributed by atoms with Crippen molar-refractivity contribution in [3.8, 4) is 6.07 Å². The summed E-state index contributed by atoms with van der Waals surface area (Å²) in [5.41, 5.74) is 1.88. The number of nitro benzene ring substituents is 1. The molecule has 0 fully saturated rings. The van der Waals surface area contributed by atoms with E-state index in [0.717, 1.165) is 11.3 Å². The number of benzene rings is 1. The Hall–Kier alpha value is -1.61. The van der Waals surface area contributed by atoms with Crippen LogP contribution in [-0.2, 0) is 5.33 Å². The summed E-state index contributed by atoms with van der Waals surface area (Å²) < 4.78 is 0. The Labute approximate surface area is 121 Å². The fourth-order valence-corrected chi connectivity index (χ4v) is 2.35. The van der Waals surface area contributed by atoms with Gasteiger partial charge >= 0.3 is 0 Å². The smallest absolute Gasteiger partial charge is 0.269 e. The molecular weight excluding hydrogens is 310 g/mol. The van der Waals surface area contributed by atoms with Crippen LogP contribution in [0.4, 0.5) is 11.4 Å². The zero-order chi connectivity index (χ0) is 14.4. The zero-order valence-corrected chi connectivity index (χ0v) is 12.6.